The molecule has 1 atom stereocenters. The first-order valence-corrected chi connectivity index (χ1v) is 13.7. The van der Waals surface area contributed by atoms with Gasteiger partial charge in [-0.05, 0) is 48.7 Å². The number of pyridine rings is 1. The lowest BCUT2D eigenvalue weighted by Gasteiger charge is -2.17. The molecule has 2 aromatic heterocycles. The van der Waals surface area contributed by atoms with Crippen LogP contribution >= 0.6 is 0 Å². The fourth-order valence-corrected chi connectivity index (χ4v) is 3.98. The number of carbonyl (C=O) groups is 1. The summed E-state index contributed by atoms with van der Waals surface area (Å²) in [5.74, 6) is -0.523. The number of rotatable bonds is 10. The fourth-order valence-electron chi connectivity index (χ4n) is 3.37. The molecule has 0 bridgehead atoms. The van der Waals surface area contributed by atoms with Gasteiger partial charge in [0.05, 0.1) is 5.69 Å². The molecule has 0 aliphatic rings. The van der Waals surface area contributed by atoms with Crippen molar-refractivity contribution in [1.29, 1.82) is 0 Å². The monoisotopic (exact) mass is 550 g/mol. The molecule has 1 amide bonds. The van der Waals surface area contributed by atoms with Gasteiger partial charge in [0.1, 0.15) is 16.6 Å². The van der Waals surface area contributed by atoms with Crippen LogP contribution in [-0.2, 0) is 22.6 Å². The predicted molar refractivity (Wildman–Crippen MR) is 139 cm³/mol. The van der Waals surface area contributed by atoms with Gasteiger partial charge in [-0.25, -0.2) is 13.4 Å². The van der Waals surface area contributed by atoms with Crippen LogP contribution in [-0.4, -0.2) is 42.1 Å². The van der Waals surface area contributed by atoms with Gasteiger partial charge >= 0.3 is 6.18 Å². The second kappa shape index (κ2) is 11.8. The summed E-state index contributed by atoms with van der Waals surface area (Å²) < 4.78 is 65.0. The third-order valence-corrected chi connectivity index (χ3v) is 7.08. The molecule has 3 aromatic rings. The number of carbonyl (C=O) groups excluding carboxylic acids is 1. The molecule has 3 rings (SSSR count). The van der Waals surface area contributed by atoms with Crippen LogP contribution in [0.4, 0.5) is 30.6 Å². The topological polar surface area (TPSA) is 126 Å². The third-order valence-electron chi connectivity index (χ3n) is 5.57. The smallest absolute Gasteiger partial charge is 0.365 e. The van der Waals surface area contributed by atoms with Gasteiger partial charge in [0.2, 0.25) is 5.95 Å². The standard InChI is InChI=1S/C25H29F3N6O3S/c1-15(2)12-31-23(35)17-7-9-19(10-8-17)33-24-32-14-20(25(26,27)28)22(34-24)30-13-18-6-5-11-29-21(18)16(3)38(4,36)37/h5-11,14-16H,12-13H2,1-4H3,(H,31,35)(H2,30,32,33,34). The SMILES string of the molecule is CC(C)CNC(=O)c1ccc(Nc2ncc(C(F)(F)F)c(NCc3cccnc3C(C)S(C)(=O)=O)n2)cc1. The number of anilines is 3. The maximum Gasteiger partial charge on any atom is 0.421 e. The second-order valence-electron chi connectivity index (χ2n) is 9.13. The quantitative estimate of drug-likeness (QED) is 0.331. The van der Waals surface area contributed by atoms with Crippen molar-refractivity contribution in [2.24, 2.45) is 5.92 Å². The highest BCUT2D eigenvalue weighted by atomic mass is 32.2. The Morgan fingerprint density at radius 2 is 1.74 bits per heavy atom. The lowest BCUT2D eigenvalue weighted by atomic mass is 10.1. The van der Waals surface area contributed by atoms with Crippen LogP contribution in [0.5, 0.6) is 0 Å². The molecule has 0 aliphatic carbocycles. The van der Waals surface area contributed by atoms with Gasteiger partial charge in [-0.3, -0.25) is 9.78 Å². The minimum absolute atomic E-state index is 0.103. The van der Waals surface area contributed by atoms with Crippen molar-refractivity contribution in [1.82, 2.24) is 20.3 Å². The van der Waals surface area contributed by atoms with E-state index in [9.17, 15) is 26.4 Å². The average molecular weight is 551 g/mol. The van der Waals surface area contributed by atoms with Gasteiger partial charge in [0, 0.05) is 43.0 Å². The van der Waals surface area contributed by atoms with Gasteiger partial charge in [-0.15, -0.1) is 0 Å². The molecular formula is C25H29F3N6O3S. The Kier molecular flexibility index (Phi) is 8.92. The lowest BCUT2D eigenvalue weighted by molar-refractivity contribution is -0.137. The number of nitrogens with one attached hydrogen (secondary N) is 3. The van der Waals surface area contributed by atoms with Crippen LogP contribution in [0.15, 0.2) is 48.8 Å². The van der Waals surface area contributed by atoms with Crippen LogP contribution in [0, 0.1) is 5.92 Å². The molecule has 0 spiro atoms. The highest BCUT2D eigenvalue weighted by Crippen LogP contribution is 2.34. The Morgan fingerprint density at radius 3 is 2.34 bits per heavy atom. The minimum atomic E-state index is -4.73. The Labute approximate surface area is 219 Å². The Morgan fingerprint density at radius 1 is 1.05 bits per heavy atom. The van der Waals surface area contributed by atoms with E-state index in [-0.39, 0.29) is 24.1 Å². The molecule has 13 heteroatoms. The van der Waals surface area contributed by atoms with Crippen molar-refractivity contribution in [2.45, 2.75) is 38.7 Å². The second-order valence-corrected chi connectivity index (χ2v) is 11.5. The van der Waals surface area contributed by atoms with E-state index in [0.717, 1.165) is 6.26 Å². The first-order valence-electron chi connectivity index (χ1n) is 11.7. The number of alkyl halides is 3. The van der Waals surface area contributed by atoms with Crippen molar-refractivity contribution in [3.8, 4) is 0 Å². The van der Waals surface area contributed by atoms with Crippen LogP contribution in [0.25, 0.3) is 0 Å². The van der Waals surface area contributed by atoms with E-state index >= 15 is 0 Å². The van der Waals surface area contributed by atoms with Gasteiger partial charge in [-0.1, -0.05) is 19.9 Å². The van der Waals surface area contributed by atoms with Crippen molar-refractivity contribution < 1.29 is 26.4 Å². The number of aromatic nitrogens is 3. The maximum absolute atomic E-state index is 13.7. The number of hydrogen-bond acceptors (Lipinski definition) is 8. The molecule has 1 aromatic carbocycles. The molecule has 0 saturated carbocycles. The normalized spacial score (nSPS) is 12.7. The first-order chi connectivity index (χ1) is 17.8. The first kappa shape index (κ1) is 28.8. The molecule has 0 fully saturated rings. The molecule has 0 saturated heterocycles. The van der Waals surface area contributed by atoms with Gasteiger partial charge in [0.25, 0.3) is 5.91 Å². The van der Waals surface area contributed by atoms with Crippen LogP contribution in [0.2, 0.25) is 0 Å². The van der Waals surface area contributed by atoms with Gasteiger partial charge in [0.15, 0.2) is 9.84 Å². The van der Waals surface area contributed by atoms with E-state index in [4.69, 9.17) is 0 Å². The Balaban J connectivity index is 1.82. The van der Waals surface area contributed by atoms with Gasteiger partial charge < -0.3 is 16.0 Å². The number of hydrogen-bond donors (Lipinski definition) is 3. The molecule has 9 nitrogen and oxygen atoms in total. The summed E-state index contributed by atoms with van der Waals surface area (Å²) in [5.41, 5.74) is 0.468. The number of halogens is 3. The highest BCUT2D eigenvalue weighted by Gasteiger charge is 2.35. The number of nitrogens with zero attached hydrogens (tertiary/aromatic N) is 3. The summed E-state index contributed by atoms with van der Waals surface area (Å²) in [6.07, 6.45) is -1.58. The number of benzene rings is 1. The molecule has 0 radical (unpaired) electrons. The summed E-state index contributed by atoms with van der Waals surface area (Å²) >= 11 is 0. The largest absolute Gasteiger partial charge is 0.421 e. The van der Waals surface area contributed by atoms with Crippen LogP contribution in [0.3, 0.4) is 0 Å². The zero-order valence-corrected chi connectivity index (χ0v) is 22.1. The summed E-state index contributed by atoms with van der Waals surface area (Å²) in [6.45, 7) is 5.80. The van der Waals surface area contributed by atoms with Gasteiger partial charge in [-0.2, -0.15) is 18.2 Å². The Hall–Kier alpha value is -3.74. The zero-order chi connectivity index (χ0) is 28.1. The number of sulfone groups is 1. The van der Waals surface area contributed by atoms with Crippen molar-refractivity contribution in [2.75, 3.05) is 23.4 Å². The summed E-state index contributed by atoms with van der Waals surface area (Å²) in [7, 11) is -3.48. The lowest BCUT2D eigenvalue weighted by Crippen LogP contribution is -2.27. The Bertz CT molecular complexity index is 1380. The molecule has 3 N–H and O–H groups in total. The molecular weight excluding hydrogens is 521 g/mol. The maximum atomic E-state index is 13.7. The third kappa shape index (κ3) is 7.63. The van der Waals surface area contributed by atoms with E-state index in [1.54, 1.807) is 36.4 Å². The van der Waals surface area contributed by atoms with Crippen molar-refractivity contribution >= 4 is 33.2 Å². The van der Waals surface area contributed by atoms with Crippen LogP contribution in [0.1, 0.15) is 53.2 Å². The van der Waals surface area contributed by atoms with E-state index < -0.39 is 32.6 Å². The van der Waals surface area contributed by atoms with E-state index in [1.807, 2.05) is 13.8 Å². The average Bonchev–Trinajstić information content (AvgIpc) is 2.85. The summed E-state index contributed by atoms with van der Waals surface area (Å²) in [5, 5.41) is 7.35. The highest BCUT2D eigenvalue weighted by molar-refractivity contribution is 7.90. The van der Waals surface area contributed by atoms with Crippen molar-refractivity contribution in [3.05, 3.63) is 71.2 Å². The molecule has 204 valence electrons. The van der Waals surface area contributed by atoms with E-state index in [1.165, 1.54) is 13.1 Å². The molecule has 38 heavy (non-hydrogen) atoms. The summed E-state index contributed by atoms with van der Waals surface area (Å²) in [4.78, 5) is 24.1. The number of amides is 1. The van der Waals surface area contributed by atoms with Crippen LogP contribution < -0.4 is 16.0 Å². The molecule has 2 heterocycles. The molecule has 0 aliphatic heterocycles. The van der Waals surface area contributed by atoms with E-state index in [2.05, 4.69) is 30.9 Å². The van der Waals surface area contributed by atoms with Crippen molar-refractivity contribution in [3.63, 3.8) is 0 Å². The molecule has 1 unspecified atom stereocenters. The van der Waals surface area contributed by atoms with E-state index in [0.29, 0.717) is 35.5 Å². The predicted octanol–water partition coefficient (Wildman–Crippen LogP) is 4.74. The zero-order valence-electron chi connectivity index (χ0n) is 21.3. The minimum Gasteiger partial charge on any atom is -0.365 e. The fraction of sp³-hybridized carbons (Fsp3) is 0.360. The summed E-state index contributed by atoms with van der Waals surface area (Å²) in [6, 6.07) is 9.49.